The highest BCUT2D eigenvalue weighted by Crippen LogP contribution is 2.17. The Kier molecular flexibility index (Phi) is 5.33. The molecule has 1 atom stereocenters. The molecule has 0 aliphatic heterocycles. The first kappa shape index (κ1) is 15.5. The third-order valence-electron chi connectivity index (χ3n) is 3.51. The van der Waals surface area contributed by atoms with Crippen LogP contribution < -0.4 is 5.32 Å². The first-order valence-corrected chi connectivity index (χ1v) is 7.57. The van der Waals surface area contributed by atoms with Crippen LogP contribution in [0.15, 0.2) is 24.3 Å². The molecular formula is C16H23N3O2. The number of rotatable bonds is 8. The van der Waals surface area contributed by atoms with Crippen LogP contribution in [0, 0.1) is 0 Å². The molecule has 0 aliphatic rings. The maximum absolute atomic E-state index is 11.4. The topological polar surface area (TPSA) is 67.2 Å². The Morgan fingerprint density at radius 2 is 2.10 bits per heavy atom. The van der Waals surface area contributed by atoms with Crippen molar-refractivity contribution in [2.24, 2.45) is 0 Å². The molecule has 0 saturated carbocycles. The Bertz CT molecular complexity index is 607. The van der Waals surface area contributed by atoms with E-state index in [-0.39, 0.29) is 0 Å². The van der Waals surface area contributed by atoms with Crippen molar-refractivity contribution in [3.63, 3.8) is 0 Å². The number of nitrogens with zero attached hydrogens (tertiary/aromatic N) is 2. The predicted octanol–water partition coefficient (Wildman–Crippen LogP) is 2.44. The van der Waals surface area contributed by atoms with Crippen molar-refractivity contribution in [2.75, 3.05) is 6.54 Å². The second-order valence-corrected chi connectivity index (χ2v) is 5.22. The standard InChI is InChI=1S/C16H23N3O2/c1-3-7-15-18-12-8-5-6-9-14(12)19(15)11-13(16(20)21)17-10-4-2/h5-6,8-9,13,17H,3-4,7,10-11H2,1-2H3,(H,20,21). The van der Waals surface area contributed by atoms with Crippen molar-refractivity contribution < 1.29 is 9.90 Å². The van der Waals surface area contributed by atoms with Gasteiger partial charge in [-0.25, -0.2) is 4.98 Å². The Labute approximate surface area is 125 Å². The number of aliphatic carboxylic acids is 1. The average molecular weight is 289 g/mol. The van der Waals surface area contributed by atoms with Gasteiger partial charge in [0.2, 0.25) is 0 Å². The molecule has 21 heavy (non-hydrogen) atoms. The van der Waals surface area contributed by atoms with Crippen LogP contribution in [0.5, 0.6) is 0 Å². The Balaban J connectivity index is 2.33. The zero-order valence-electron chi connectivity index (χ0n) is 12.7. The van der Waals surface area contributed by atoms with Gasteiger partial charge in [0.1, 0.15) is 11.9 Å². The molecule has 0 radical (unpaired) electrons. The van der Waals surface area contributed by atoms with Gasteiger partial charge >= 0.3 is 5.97 Å². The normalized spacial score (nSPS) is 12.7. The van der Waals surface area contributed by atoms with Gasteiger partial charge < -0.3 is 15.0 Å². The van der Waals surface area contributed by atoms with E-state index in [9.17, 15) is 9.90 Å². The SMILES string of the molecule is CCCNC(Cn1c(CCC)nc2ccccc21)C(=O)O. The molecule has 0 fully saturated rings. The average Bonchev–Trinajstić information content (AvgIpc) is 2.81. The van der Waals surface area contributed by atoms with Crippen molar-refractivity contribution in [1.82, 2.24) is 14.9 Å². The summed E-state index contributed by atoms with van der Waals surface area (Å²) in [7, 11) is 0. The van der Waals surface area contributed by atoms with Crippen LogP contribution in [0.2, 0.25) is 0 Å². The number of carbonyl (C=O) groups is 1. The predicted molar refractivity (Wildman–Crippen MR) is 83.4 cm³/mol. The summed E-state index contributed by atoms with van der Waals surface area (Å²) >= 11 is 0. The van der Waals surface area contributed by atoms with E-state index < -0.39 is 12.0 Å². The monoisotopic (exact) mass is 289 g/mol. The second-order valence-electron chi connectivity index (χ2n) is 5.22. The minimum absolute atomic E-state index is 0.408. The summed E-state index contributed by atoms with van der Waals surface area (Å²) < 4.78 is 2.04. The first-order chi connectivity index (χ1) is 10.2. The number of hydrogen-bond acceptors (Lipinski definition) is 3. The molecule has 0 aliphatic carbocycles. The van der Waals surface area contributed by atoms with Crippen molar-refractivity contribution in [2.45, 2.75) is 45.7 Å². The van der Waals surface area contributed by atoms with E-state index in [0.29, 0.717) is 13.1 Å². The minimum Gasteiger partial charge on any atom is -0.480 e. The van der Waals surface area contributed by atoms with Gasteiger partial charge in [-0.15, -0.1) is 0 Å². The number of carboxylic acids is 1. The van der Waals surface area contributed by atoms with E-state index in [1.54, 1.807) is 0 Å². The number of nitrogens with one attached hydrogen (secondary N) is 1. The van der Waals surface area contributed by atoms with E-state index in [1.165, 1.54) is 0 Å². The molecule has 1 aromatic carbocycles. The summed E-state index contributed by atoms with van der Waals surface area (Å²) in [6.45, 7) is 5.24. The highest BCUT2D eigenvalue weighted by molar-refractivity contribution is 5.77. The lowest BCUT2D eigenvalue weighted by molar-refractivity contribution is -0.139. The van der Waals surface area contributed by atoms with E-state index in [4.69, 9.17) is 0 Å². The van der Waals surface area contributed by atoms with Crippen LogP contribution in [-0.4, -0.2) is 33.2 Å². The molecule has 2 rings (SSSR count). The Morgan fingerprint density at radius 1 is 1.33 bits per heavy atom. The van der Waals surface area contributed by atoms with E-state index >= 15 is 0 Å². The van der Waals surface area contributed by atoms with Crippen LogP contribution in [0.3, 0.4) is 0 Å². The van der Waals surface area contributed by atoms with Gasteiger partial charge in [0, 0.05) is 6.42 Å². The van der Waals surface area contributed by atoms with Crippen molar-refractivity contribution in [1.29, 1.82) is 0 Å². The second kappa shape index (κ2) is 7.22. The van der Waals surface area contributed by atoms with E-state index in [1.807, 2.05) is 35.8 Å². The van der Waals surface area contributed by atoms with Crippen LogP contribution in [-0.2, 0) is 17.8 Å². The molecule has 5 heteroatoms. The van der Waals surface area contributed by atoms with Crippen molar-refractivity contribution in [3.8, 4) is 0 Å². The summed E-state index contributed by atoms with van der Waals surface area (Å²) in [5.41, 5.74) is 1.94. The lowest BCUT2D eigenvalue weighted by atomic mass is 10.2. The molecule has 114 valence electrons. The summed E-state index contributed by atoms with van der Waals surface area (Å²) in [5.74, 6) is 0.145. The molecule has 0 spiro atoms. The maximum atomic E-state index is 11.4. The van der Waals surface area contributed by atoms with Crippen molar-refractivity contribution in [3.05, 3.63) is 30.1 Å². The number of fused-ring (bicyclic) bond motifs is 1. The number of benzene rings is 1. The smallest absolute Gasteiger partial charge is 0.322 e. The van der Waals surface area contributed by atoms with Crippen LogP contribution in [0.25, 0.3) is 11.0 Å². The fourth-order valence-corrected chi connectivity index (χ4v) is 2.47. The van der Waals surface area contributed by atoms with Crippen LogP contribution in [0.4, 0.5) is 0 Å². The summed E-state index contributed by atoms with van der Waals surface area (Å²) in [6, 6.07) is 7.31. The fourth-order valence-electron chi connectivity index (χ4n) is 2.47. The van der Waals surface area contributed by atoms with Gasteiger partial charge in [0.15, 0.2) is 0 Å². The number of aromatic nitrogens is 2. The highest BCUT2D eigenvalue weighted by atomic mass is 16.4. The van der Waals surface area contributed by atoms with E-state index in [0.717, 1.165) is 36.1 Å². The number of imidazole rings is 1. The van der Waals surface area contributed by atoms with Gasteiger partial charge in [-0.1, -0.05) is 26.0 Å². The van der Waals surface area contributed by atoms with E-state index in [2.05, 4.69) is 17.2 Å². The largest absolute Gasteiger partial charge is 0.480 e. The zero-order valence-corrected chi connectivity index (χ0v) is 12.7. The molecule has 1 heterocycles. The quantitative estimate of drug-likeness (QED) is 0.783. The number of carboxylic acid groups (broad SMARTS) is 1. The molecule has 0 amide bonds. The Hall–Kier alpha value is -1.88. The fraction of sp³-hybridized carbons (Fsp3) is 0.500. The minimum atomic E-state index is -0.816. The van der Waals surface area contributed by atoms with Gasteiger partial charge in [0.25, 0.3) is 0 Å². The Morgan fingerprint density at radius 3 is 2.76 bits per heavy atom. The van der Waals surface area contributed by atoms with Gasteiger partial charge in [0.05, 0.1) is 17.6 Å². The van der Waals surface area contributed by atoms with Gasteiger partial charge in [-0.3, -0.25) is 4.79 Å². The van der Waals surface area contributed by atoms with Crippen LogP contribution in [0.1, 0.15) is 32.5 Å². The molecule has 1 aromatic heterocycles. The molecule has 0 saturated heterocycles. The lowest BCUT2D eigenvalue weighted by Crippen LogP contribution is -2.40. The number of hydrogen-bond donors (Lipinski definition) is 2. The third kappa shape index (κ3) is 3.61. The van der Waals surface area contributed by atoms with Gasteiger partial charge in [-0.05, 0) is 31.5 Å². The van der Waals surface area contributed by atoms with Crippen molar-refractivity contribution >= 4 is 17.0 Å². The molecule has 2 aromatic rings. The molecular weight excluding hydrogens is 266 g/mol. The van der Waals surface area contributed by atoms with Crippen LogP contribution >= 0.6 is 0 Å². The first-order valence-electron chi connectivity index (χ1n) is 7.57. The zero-order chi connectivity index (χ0) is 15.2. The third-order valence-corrected chi connectivity index (χ3v) is 3.51. The number of para-hydroxylation sites is 2. The maximum Gasteiger partial charge on any atom is 0.322 e. The molecule has 5 nitrogen and oxygen atoms in total. The summed E-state index contributed by atoms with van der Waals surface area (Å²) in [6.07, 6.45) is 2.76. The molecule has 1 unspecified atom stereocenters. The summed E-state index contributed by atoms with van der Waals surface area (Å²) in [5, 5.41) is 12.5. The summed E-state index contributed by atoms with van der Waals surface area (Å²) in [4.78, 5) is 16.1. The number of aryl methyl sites for hydroxylation is 1. The lowest BCUT2D eigenvalue weighted by Gasteiger charge is -2.17. The molecule has 2 N–H and O–H groups in total. The highest BCUT2D eigenvalue weighted by Gasteiger charge is 2.20. The van der Waals surface area contributed by atoms with Gasteiger partial charge in [-0.2, -0.15) is 0 Å². The molecule has 0 bridgehead atoms.